The van der Waals surface area contributed by atoms with Crippen LogP contribution in [-0.4, -0.2) is 17.2 Å². The molecule has 33 heavy (non-hydrogen) atoms. The fourth-order valence-electron chi connectivity index (χ4n) is 4.95. The number of hydrogen-bond donors (Lipinski definition) is 1. The van der Waals surface area contributed by atoms with Gasteiger partial charge in [-0.1, -0.05) is 85.6 Å². The summed E-state index contributed by atoms with van der Waals surface area (Å²) in [4.78, 5) is 4.94. The standard InChI is InChI=1S/C29H29NO3/c1-32-25-17-10-11-21(20-25)19-24-16-8-9-18-29(24,31)28-30-26(22-12-4-2-5-13-22)27(33-28)23-14-6-3-7-15-23/h2-7,10-15,17,20,24,31H,8-9,16,18-19H2,1H3. The molecule has 4 aromatic rings. The van der Waals surface area contributed by atoms with Gasteiger partial charge in [0.2, 0.25) is 5.89 Å². The van der Waals surface area contributed by atoms with Gasteiger partial charge in [-0.2, -0.15) is 0 Å². The van der Waals surface area contributed by atoms with Crippen LogP contribution in [0, 0.1) is 5.92 Å². The van der Waals surface area contributed by atoms with Crippen LogP contribution in [0.3, 0.4) is 0 Å². The number of benzene rings is 3. The molecule has 0 amide bonds. The van der Waals surface area contributed by atoms with Gasteiger partial charge in [0.1, 0.15) is 17.0 Å². The molecule has 1 N–H and O–H groups in total. The first-order valence-electron chi connectivity index (χ1n) is 11.6. The van der Waals surface area contributed by atoms with Crippen LogP contribution in [0.4, 0.5) is 0 Å². The molecule has 1 saturated carbocycles. The van der Waals surface area contributed by atoms with E-state index in [0.717, 1.165) is 53.8 Å². The quantitative estimate of drug-likeness (QED) is 0.366. The Hall–Kier alpha value is -3.37. The van der Waals surface area contributed by atoms with Crippen LogP contribution in [0.25, 0.3) is 22.6 Å². The maximum atomic E-state index is 12.0. The second kappa shape index (κ2) is 9.24. The van der Waals surface area contributed by atoms with Crippen molar-refractivity contribution in [3.63, 3.8) is 0 Å². The fourth-order valence-corrected chi connectivity index (χ4v) is 4.95. The number of aliphatic hydroxyl groups is 1. The first kappa shape index (κ1) is 21.5. The Morgan fingerprint density at radius 1 is 0.939 bits per heavy atom. The number of methoxy groups -OCH3 is 1. The van der Waals surface area contributed by atoms with Gasteiger partial charge in [0.25, 0.3) is 0 Å². The van der Waals surface area contributed by atoms with Crippen LogP contribution >= 0.6 is 0 Å². The van der Waals surface area contributed by atoms with Crippen molar-refractivity contribution in [3.05, 3.63) is 96.4 Å². The maximum absolute atomic E-state index is 12.0. The minimum atomic E-state index is -1.11. The van der Waals surface area contributed by atoms with E-state index in [0.29, 0.717) is 18.1 Å². The van der Waals surface area contributed by atoms with Gasteiger partial charge in [0.05, 0.1) is 7.11 Å². The highest BCUT2D eigenvalue weighted by molar-refractivity contribution is 5.76. The lowest BCUT2D eigenvalue weighted by atomic mass is 9.72. The molecule has 1 aromatic heterocycles. The van der Waals surface area contributed by atoms with Crippen LogP contribution in [0.2, 0.25) is 0 Å². The van der Waals surface area contributed by atoms with Crippen molar-refractivity contribution in [1.29, 1.82) is 0 Å². The monoisotopic (exact) mass is 439 g/mol. The van der Waals surface area contributed by atoms with E-state index in [4.69, 9.17) is 14.1 Å². The van der Waals surface area contributed by atoms with Crippen LogP contribution in [-0.2, 0) is 12.0 Å². The van der Waals surface area contributed by atoms with E-state index in [1.165, 1.54) is 0 Å². The molecule has 4 heteroatoms. The predicted octanol–water partition coefficient (Wildman–Crippen LogP) is 6.64. The molecular weight excluding hydrogens is 410 g/mol. The lowest BCUT2D eigenvalue weighted by Gasteiger charge is -2.37. The summed E-state index contributed by atoms with van der Waals surface area (Å²) in [6, 6.07) is 28.2. The Morgan fingerprint density at radius 3 is 2.39 bits per heavy atom. The molecule has 3 aromatic carbocycles. The molecule has 1 heterocycles. The van der Waals surface area contributed by atoms with Gasteiger partial charge in [-0.25, -0.2) is 4.98 Å². The first-order valence-corrected chi connectivity index (χ1v) is 11.6. The van der Waals surface area contributed by atoms with Crippen molar-refractivity contribution in [2.75, 3.05) is 7.11 Å². The average molecular weight is 440 g/mol. The molecule has 0 saturated heterocycles. The maximum Gasteiger partial charge on any atom is 0.227 e. The molecule has 2 atom stereocenters. The second-order valence-electron chi connectivity index (χ2n) is 8.85. The van der Waals surface area contributed by atoms with E-state index < -0.39 is 5.60 Å². The van der Waals surface area contributed by atoms with Crippen molar-refractivity contribution >= 4 is 0 Å². The predicted molar refractivity (Wildman–Crippen MR) is 130 cm³/mol. The Morgan fingerprint density at radius 2 is 1.67 bits per heavy atom. The zero-order chi connectivity index (χ0) is 22.7. The van der Waals surface area contributed by atoms with Crippen molar-refractivity contribution in [2.24, 2.45) is 5.92 Å². The van der Waals surface area contributed by atoms with Crippen LogP contribution in [0.5, 0.6) is 5.75 Å². The Labute approximate surface area is 194 Å². The lowest BCUT2D eigenvalue weighted by Crippen LogP contribution is -2.39. The molecule has 0 spiro atoms. The molecule has 5 rings (SSSR count). The van der Waals surface area contributed by atoms with E-state index in [9.17, 15) is 5.11 Å². The van der Waals surface area contributed by atoms with Crippen LogP contribution in [0.15, 0.2) is 89.3 Å². The van der Waals surface area contributed by atoms with Crippen molar-refractivity contribution < 1.29 is 14.3 Å². The third-order valence-corrected chi connectivity index (χ3v) is 6.73. The van der Waals surface area contributed by atoms with Gasteiger partial charge in [0, 0.05) is 17.0 Å². The zero-order valence-electron chi connectivity index (χ0n) is 18.9. The summed E-state index contributed by atoms with van der Waals surface area (Å²) in [6.45, 7) is 0. The average Bonchev–Trinajstić information content (AvgIpc) is 3.33. The van der Waals surface area contributed by atoms with Gasteiger partial charge in [0.15, 0.2) is 5.76 Å². The largest absolute Gasteiger partial charge is 0.497 e. The molecule has 4 nitrogen and oxygen atoms in total. The highest BCUT2D eigenvalue weighted by Gasteiger charge is 2.45. The molecule has 0 radical (unpaired) electrons. The smallest absolute Gasteiger partial charge is 0.227 e. The summed E-state index contributed by atoms with van der Waals surface area (Å²) >= 11 is 0. The second-order valence-corrected chi connectivity index (χ2v) is 8.85. The van der Waals surface area contributed by atoms with E-state index in [-0.39, 0.29) is 5.92 Å². The van der Waals surface area contributed by atoms with Crippen molar-refractivity contribution in [1.82, 2.24) is 4.98 Å². The van der Waals surface area contributed by atoms with Gasteiger partial charge in [-0.15, -0.1) is 0 Å². The van der Waals surface area contributed by atoms with Gasteiger partial charge < -0.3 is 14.3 Å². The number of ether oxygens (including phenoxy) is 1. The molecule has 1 aliphatic rings. The number of rotatable bonds is 6. The zero-order valence-corrected chi connectivity index (χ0v) is 18.9. The highest BCUT2D eigenvalue weighted by Crippen LogP contribution is 2.46. The molecule has 1 aliphatic carbocycles. The van der Waals surface area contributed by atoms with E-state index in [2.05, 4.69) is 12.1 Å². The summed E-state index contributed by atoms with van der Waals surface area (Å²) in [7, 11) is 1.68. The summed E-state index contributed by atoms with van der Waals surface area (Å²) in [5.41, 5.74) is 2.75. The number of oxazole rings is 1. The molecule has 1 fully saturated rings. The third kappa shape index (κ3) is 4.31. The minimum absolute atomic E-state index is 0.0178. The summed E-state index contributed by atoms with van der Waals surface area (Å²) < 4.78 is 11.8. The van der Waals surface area contributed by atoms with E-state index >= 15 is 0 Å². The van der Waals surface area contributed by atoms with Crippen molar-refractivity contribution in [2.45, 2.75) is 37.7 Å². The van der Waals surface area contributed by atoms with Crippen LogP contribution in [0.1, 0.15) is 37.1 Å². The number of hydrogen-bond acceptors (Lipinski definition) is 4. The molecule has 168 valence electrons. The van der Waals surface area contributed by atoms with E-state index in [1.54, 1.807) is 7.11 Å². The molecule has 2 unspecified atom stereocenters. The molecule has 0 bridgehead atoms. The first-order chi connectivity index (χ1) is 16.2. The number of nitrogens with zero attached hydrogens (tertiary/aromatic N) is 1. The SMILES string of the molecule is COc1cccc(CC2CCCCC2(O)c2nc(-c3ccccc3)c(-c3ccccc3)o2)c1. The van der Waals surface area contributed by atoms with Gasteiger partial charge in [-0.3, -0.25) is 0 Å². The Balaban J connectivity index is 1.56. The topological polar surface area (TPSA) is 55.5 Å². The number of aromatic nitrogens is 1. The fraction of sp³-hybridized carbons (Fsp3) is 0.276. The summed E-state index contributed by atoms with van der Waals surface area (Å²) in [5, 5.41) is 12.0. The normalized spacial score (nSPS) is 20.5. The Bertz CT molecular complexity index is 1150. The minimum Gasteiger partial charge on any atom is -0.497 e. The van der Waals surface area contributed by atoms with Gasteiger partial charge in [-0.05, 0) is 37.0 Å². The lowest BCUT2D eigenvalue weighted by molar-refractivity contribution is -0.0742. The highest BCUT2D eigenvalue weighted by atomic mass is 16.5. The van der Waals surface area contributed by atoms with Crippen LogP contribution < -0.4 is 4.74 Å². The molecular formula is C29H29NO3. The Kier molecular flexibility index (Phi) is 6.01. The third-order valence-electron chi connectivity index (χ3n) is 6.73. The summed E-state index contributed by atoms with van der Waals surface area (Å²) in [5.74, 6) is 1.98. The molecule has 0 aliphatic heterocycles. The van der Waals surface area contributed by atoms with E-state index in [1.807, 2.05) is 72.8 Å². The summed E-state index contributed by atoms with van der Waals surface area (Å²) in [6.07, 6.45) is 4.36. The van der Waals surface area contributed by atoms with Gasteiger partial charge >= 0.3 is 0 Å². The van der Waals surface area contributed by atoms with Crippen molar-refractivity contribution in [3.8, 4) is 28.3 Å².